The van der Waals surface area contributed by atoms with Gasteiger partial charge in [-0.15, -0.1) is 0 Å². The molecule has 0 aromatic heterocycles. The van der Waals surface area contributed by atoms with Crippen LogP contribution in [-0.4, -0.2) is 36.3 Å². The smallest absolute Gasteiger partial charge is 0.242 e. The Labute approximate surface area is 128 Å². The first-order valence-corrected chi connectivity index (χ1v) is 7.26. The van der Waals surface area contributed by atoms with Crippen LogP contribution in [0.15, 0.2) is 18.2 Å². The lowest BCUT2D eigenvalue weighted by atomic mass is 10.2. The molecule has 0 aliphatic carbocycles. The number of carbonyl (C=O) groups is 2. The summed E-state index contributed by atoms with van der Waals surface area (Å²) in [5.74, 6) is -0.332. The third-order valence-electron chi connectivity index (χ3n) is 3.34. The number of carbonyl (C=O) groups excluding carboxylic acids is 2. The predicted octanol–water partition coefficient (Wildman–Crippen LogP) is 2.97. The SMILES string of the molecule is CC(=O)N(CC(=O)N1CCCC1)c1c(Cl)cccc1Cl. The molecule has 1 aromatic rings. The fourth-order valence-electron chi connectivity index (χ4n) is 2.30. The molecular weight excluding hydrogens is 299 g/mol. The zero-order valence-electron chi connectivity index (χ0n) is 11.2. The number of para-hydroxylation sites is 1. The fraction of sp³-hybridized carbons (Fsp3) is 0.429. The van der Waals surface area contributed by atoms with Crippen LogP contribution in [0, 0.1) is 0 Å². The Morgan fingerprint density at radius 1 is 1.20 bits per heavy atom. The van der Waals surface area contributed by atoms with E-state index in [2.05, 4.69) is 0 Å². The van der Waals surface area contributed by atoms with Gasteiger partial charge in [0.25, 0.3) is 0 Å². The maximum Gasteiger partial charge on any atom is 0.242 e. The standard InChI is InChI=1S/C14H16Cl2N2O2/c1-10(19)18(9-13(20)17-7-2-3-8-17)14-11(15)5-4-6-12(14)16/h4-6H,2-3,7-9H2,1H3. The quantitative estimate of drug-likeness (QED) is 0.860. The van der Waals surface area contributed by atoms with E-state index in [1.54, 1.807) is 23.1 Å². The van der Waals surface area contributed by atoms with Crippen molar-refractivity contribution in [1.29, 1.82) is 0 Å². The van der Waals surface area contributed by atoms with E-state index < -0.39 is 0 Å². The van der Waals surface area contributed by atoms with Crippen LogP contribution in [0.5, 0.6) is 0 Å². The van der Waals surface area contributed by atoms with Gasteiger partial charge >= 0.3 is 0 Å². The molecule has 2 rings (SSSR count). The third kappa shape index (κ3) is 3.25. The largest absolute Gasteiger partial charge is 0.341 e. The monoisotopic (exact) mass is 314 g/mol. The molecule has 0 radical (unpaired) electrons. The molecule has 1 aliphatic heterocycles. The summed E-state index contributed by atoms with van der Waals surface area (Å²) < 4.78 is 0. The first-order valence-electron chi connectivity index (χ1n) is 6.50. The van der Waals surface area contributed by atoms with Gasteiger partial charge in [0.15, 0.2) is 0 Å². The summed E-state index contributed by atoms with van der Waals surface area (Å²) in [6, 6.07) is 5.01. The Morgan fingerprint density at radius 3 is 2.25 bits per heavy atom. The molecule has 108 valence electrons. The van der Waals surface area contributed by atoms with E-state index in [9.17, 15) is 9.59 Å². The second kappa shape index (κ2) is 6.46. The minimum Gasteiger partial charge on any atom is -0.341 e. The molecule has 20 heavy (non-hydrogen) atoms. The summed E-state index contributed by atoms with van der Waals surface area (Å²) in [5, 5.41) is 0.726. The average Bonchev–Trinajstić information content (AvgIpc) is 2.90. The Morgan fingerprint density at radius 2 is 1.75 bits per heavy atom. The van der Waals surface area contributed by atoms with Gasteiger partial charge in [0.2, 0.25) is 11.8 Å². The van der Waals surface area contributed by atoms with Crippen LogP contribution in [0.1, 0.15) is 19.8 Å². The normalized spacial score (nSPS) is 14.4. The van der Waals surface area contributed by atoms with Crippen molar-refractivity contribution in [3.05, 3.63) is 28.2 Å². The number of amides is 2. The van der Waals surface area contributed by atoms with E-state index in [0.29, 0.717) is 15.7 Å². The zero-order valence-corrected chi connectivity index (χ0v) is 12.7. The minimum atomic E-state index is -0.257. The number of nitrogens with zero attached hydrogens (tertiary/aromatic N) is 2. The van der Waals surface area contributed by atoms with Crippen LogP contribution in [-0.2, 0) is 9.59 Å². The van der Waals surface area contributed by atoms with E-state index in [1.807, 2.05) is 0 Å². The second-order valence-corrected chi connectivity index (χ2v) is 5.58. The van der Waals surface area contributed by atoms with E-state index in [-0.39, 0.29) is 18.4 Å². The maximum absolute atomic E-state index is 12.2. The van der Waals surface area contributed by atoms with Crippen LogP contribution >= 0.6 is 23.2 Å². The van der Waals surface area contributed by atoms with Crippen molar-refractivity contribution in [3.63, 3.8) is 0 Å². The molecule has 0 saturated carbocycles. The zero-order chi connectivity index (χ0) is 14.7. The molecule has 1 aromatic carbocycles. The van der Waals surface area contributed by atoms with Crippen molar-refractivity contribution in [2.24, 2.45) is 0 Å². The van der Waals surface area contributed by atoms with Gasteiger partial charge in [0.1, 0.15) is 6.54 Å². The number of hydrogen-bond donors (Lipinski definition) is 0. The van der Waals surface area contributed by atoms with Crippen molar-refractivity contribution in [1.82, 2.24) is 4.90 Å². The van der Waals surface area contributed by atoms with Gasteiger partial charge in [-0.2, -0.15) is 0 Å². The Balaban J connectivity index is 2.23. The Hall–Kier alpha value is -1.26. The van der Waals surface area contributed by atoms with Gasteiger partial charge in [0, 0.05) is 20.0 Å². The number of halogens is 2. The lowest BCUT2D eigenvalue weighted by Gasteiger charge is -2.25. The molecule has 2 amide bonds. The molecule has 1 fully saturated rings. The second-order valence-electron chi connectivity index (χ2n) is 4.76. The van der Waals surface area contributed by atoms with Gasteiger partial charge in [-0.05, 0) is 25.0 Å². The van der Waals surface area contributed by atoms with Crippen molar-refractivity contribution < 1.29 is 9.59 Å². The molecule has 1 aliphatic rings. The van der Waals surface area contributed by atoms with E-state index in [4.69, 9.17) is 23.2 Å². The van der Waals surface area contributed by atoms with Crippen LogP contribution in [0.25, 0.3) is 0 Å². The lowest BCUT2D eigenvalue weighted by molar-refractivity contribution is -0.130. The number of rotatable bonds is 3. The highest BCUT2D eigenvalue weighted by Crippen LogP contribution is 2.33. The third-order valence-corrected chi connectivity index (χ3v) is 3.95. The van der Waals surface area contributed by atoms with Gasteiger partial charge in [0.05, 0.1) is 15.7 Å². The molecule has 1 saturated heterocycles. The Bertz CT molecular complexity index is 508. The topological polar surface area (TPSA) is 40.6 Å². The van der Waals surface area contributed by atoms with E-state index >= 15 is 0 Å². The summed E-state index contributed by atoms with van der Waals surface area (Å²) >= 11 is 12.2. The van der Waals surface area contributed by atoms with Crippen molar-refractivity contribution >= 4 is 40.7 Å². The van der Waals surface area contributed by atoms with Gasteiger partial charge in [-0.1, -0.05) is 29.3 Å². The first kappa shape index (κ1) is 15.1. The molecule has 0 unspecified atom stereocenters. The van der Waals surface area contributed by atoms with Crippen LogP contribution < -0.4 is 4.90 Å². The van der Waals surface area contributed by atoms with E-state index in [1.165, 1.54) is 11.8 Å². The summed E-state index contributed by atoms with van der Waals surface area (Å²) in [6.45, 7) is 2.87. The van der Waals surface area contributed by atoms with E-state index in [0.717, 1.165) is 25.9 Å². The molecule has 0 atom stereocenters. The summed E-state index contributed by atoms with van der Waals surface area (Å²) in [4.78, 5) is 27.1. The molecule has 0 spiro atoms. The number of benzene rings is 1. The predicted molar refractivity (Wildman–Crippen MR) is 80.3 cm³/mol. The number of likely N-dealkylation sites (tertiary alicyclic amines) is 1. The first-order chi connectivity index (χ1) is 9.50. The van der Waals surface area contributed by atoms with Gasteiger partial charge < -0.3 is 9.80 Å². The molecule has 6 heteroatoms. The van der Waals surface area contributed by atoms with Crippen LogP contribution in [0.3, 0.4) is 0 Å². The summed E-state index contributed by atoms with van der Waals surface area (Å²) in [6.07, 6.45) is 2.03. The lowest BCUT2D eigenvalue weighted by Crippen LogP contribution is -2.41. The van der Waals surface area contributed by atoms with Crippen molar-refractivity contribution in [2.75, 3.05) is 24.5 Å². The minimum absolute atomic E-state index is 0.0290. The van der Waals surface area contributed by atoms with Crippen molar-refractivity contribution in [2.45, 2.75) is 19.8 Å². The molecule has 4 nitrogen and oxygen atoms in total. The molecule has 0 bridgehead atoms. The van der Waals surface area contributed by atoms with Gasteiger partial charge in [-0.25, -0.2) is 0 Å². The molecular formula is C14H16Cl2N2O2. The van der Waals surface area contributed by atoms with Gasteiger partial charge in [-0.3, -0.25) is 9.59 Å². The van der Waals surface area contributed by atoms with Crippen LogP contribution in [0.4, 0.5) is 5.69 Å². The summed E-state index contributed by atoms with van der Waals surface area (Å²) in [7, 11) is 0. The molecule has 1 heterocycles. The Kier molecular flexibility index (Phi) is 4.89. The maximum atomic E-state index is 12.2. The highest BCUT2D eigenvalue weighted by Gasteiger charge is 2.25. The average molecular weight is 315 g/mol. The molecule has 0 N–H and O–H groups in total. The highest BCUT2D eigenvalue weighted by molar-refractivity contribution is 6.40. The van der Waals surface area contributed by atoms with Crippen molar-refractivity contribution in [3.8, 4) is 0 Å². The highest BCUT2D eigenvalue weighted by atomic mass is 35.5. The van der Waals surface area contributed by atoms with Crippen LogP contribution in [0.2, 0.25) is 10.0 Å². The summed E-state index contributed by atoms with van der Waals surface area (Å²) in [5.41, 5.74) is 0.399. The fourth-order valence-corrected chi connectivity index (χ4v) is 2.90. The number of hydrogen-bond acceptors (Lipinski definition) is 2. The number of anilines is 1.